The zero-order valence-electron chi connectivity index (χ0n) is 15.3. The topological polar surface area (TPSA) is 229 Å². The van der Waals surface area contributed by atoms with Gasteiger partial charge in [-0.05, 0) is 10.8 Å². The predicted molar refractivity (Wildman–Crippen MR) is 119 cm³/mol. The molecule has 0 aliphatic carbocycles. The molecule has 4 aromatic rings. The number of anilines is 3. The number of phenolic OH excluding ortho intramolecular Hbond substituents is 7. The molecule has 0 bridgehead atoms. The Morgan fingerprint density at radius 3 is 1.45 bits per heavy atom. The molecule has 0 fully saturated rings. The average molecular weight is 443 g/mol. The normalized spacial score (nSPS) is 11.5. The van der Waals surface area contributed by atoms with Crippen LogP contribution in [0.15, 0.2) is 0 Å². The molecular formula is C18H14BN3O8S. The lowest BCUT2D eigenvalue weighted by Gasteiger charge is -2.22. The van der Waals surface area contributed by atoms with Crippen molar-refractivity contribution < 1.29 is 39.9 Å². The summed E-state index contributed by atoms with van der Waals surface area (Å²) in [7, 11) is 6.00. The van der Waals surface area contributed by atoms with Crippen molar-refractivity contribution in [1.82, 2.24) is 0 Å². The van der Waals surface area contributed by atoms with E-state index in [0.29, 0.717) is 0 Å². The molecule has 31 heavy (non-hydrogen) atoms. The number of phenols is 7. The van der Waals surface area contributed by atoms with E-state index in [4.69, 9.17) is 29.2 Å². The second-order valence-electron chi connectivity index (χ2n) is 6.77. The second-order valence-corrected chi connectivity index (χ2v) is 6.95. The molecule has 13 heteroatoms. The summed E-state index contributed by atoms with van der Waals surface area (Å²) in [6.45, 7) is 0. The standard InChI is InChI=1S/C18H14BN3O8S/c19-7-1-2(8(20)14(26)13(7)25)5-4(9(21)15(27)16(28)11(5)23)6-3(1)10(22)18(30-31)17(29)12(6)24/h23-29,31H,20-22H2. The lowest BCUT2D eigenvalue weighted by molar-refractivity contribution is 0.372. The lowest BCUT2D eigenvalue weighted by atomic mass is 9.81. The Morgan fingerprint density at radius 2 is 0.935 bits per heavy atom. The van der Waals surface area contributed by atoms with Gasteiger partial charge in [0.2, 0.25) is 17.2 Å². The number of aromatic hydroxyl groups is 7. The highest BCUT2D eigenvalue weighted by Gasteiger charge is 2.30. The van der Waals surface area contributed by atoms with Crippen molar-refractivity contribution in [3.8, 4) is 46.0 Å². The molecule has 0 unspecified atom stereocenters. The molecular weight excluding hydrogens is 429 g/mol. The molecule has 4 aromatic carbocycles. The number of fused-ring (bicyclic) bond motifs is 6. The van der Waals surface area contributed by atoms with Gasteiger partial charge in [-0.3, -0.25) is 0 Å². The first-order chi connectivity index (χ1) is 14.5. The Morgan fingerprint density at radius 1 is 0.516 bits per heavy atom. The fourth-order valence-electron chi connectivity index (χ4n) is 3.83. The molecule has 0 heterocycles. The van der Waals surface area contributed by atoms with Gasteiger partial charge < -0.3 is 57.1 Å². The van der Waals surface area contributed by atoms with Crippen LogP contribution >= 0.6 is 12.9 Å². The van der Waals surface area contributed by atoms with Gasteiger partial charge in [0.1, 0.15) is 7.85 Å². The van der Waals surface area contributed by atoms with Crippen LogP contribution < -0.4 is 26.8 Å². The van der Waals surface area contributed by atoms with Crippen molar-refractivity contribution in [2.75, 3.05) is 17.2 Å². The quantitative estimate of drug-likeness (QED) is 0.0376. The highest BCUT2D eigenvalue weighted by molar-refractivity contribution is 7.75. The second kappa shape index (κ2) is 6.19. The first-order valence-electron chi connectivity index (χ1n) is 8.36. The van der Waals surface area contributed by atoms with Crippen LogP contribution in [0.5, 0.6) is 46.0 Å². The highest BCUT2D eigenvalue weighted by atomic mass is 32.1. The number of rotatable bonds is 1. The minimum atomic E-state index is -1.02. The third-order valence-electron chi connectivity index (χ3n) is 5.26. The van der Waals surface area contributed by atoms with Crippen LogP contribution in [0.4, 0.5) is 17.1 Å². The van der Waals surface area contributed by atoms with Crippen LogP contribution in [-0.4, -0.2) is 43.6 Å². The SMILES string of the molecule is [B]c1c(O)c(O)c(N)c2c1c1c(N)c(OS)c(O)c(O)c1c1c(N)c(O)c(O)c(O)c21. The molecule has 0 amide bonds. The molecule has 13 N–H and O–H groups in total. The summed E-state index contributed by atoms with van der Waals surface area (Å²) in [6.07, 6.45) is 0. The minimum absolute atomic E-state index is 0.169. The fourth-order valence-corrected chi connectivity index (χ4v) is 4.01. The highest BCUT2D eigenvalue weighted by Crippen LogP contribution is 2.59. The van der Waals surface area contributed by atoms with E-state index in [0.717, 1.165) is 0 Å². The van der Waals surface area contributed by atoms with Crippen LogP contribution in [0, 0.1) is 0 Å². The van der Waals surface area contributed by atoms with Gasteiger partial charge in [0.25, 0.3) is 0 Å². The van der Waals surface area contributed by atoms with Crippen molar-refractivity contribution in [1.29, 1.82) is 0 Å². The summed E-state index contributed by atoms with van der Waals surface area (Å²) in [5.74, 6) is -6.77. The molecule has 4 rings (SSSR count). The maximum absolute atomic E-state index is 10.7. The molecule has 0 aliphatic heterocycles. The first-order valence-corrected chi connectivity index (χ1v) is 8.72. The smallest absolute Gasteiger partial charge is 0.205 e. The Hall–Kier alpha value is -4.13. The van der Waals surface area contributed by atoms with Crippen molar-refractivity contribution in [2.45, 2.75) is 0 Å². The van der Waals surface area contributed by atoms with Crippen LogP contribution in [0.3, 0.4) is 0 Å². The van der Waals surface area contributed by atoms with E-state index in [1.807, 2.05) is 0 Å². The van der Waals surface area contributed by atoms with Gasteiger partial charge in [-0.15, -0.1) is 0 Å². The van der Waals surface area contributed by atoms with Crippen LogP contribution in [0.2, 0.25) is 0 Å². The fraction of sp³-hybridized carbons (Fsp3) is 0. The van der Waals surface area contributed by atoms with E-state index in [2.05, 4.69) is 12.9 Å². The molecule has 0 saturated heterocycles. The summed E-state index contributed by atoms with van der Waals surface area (Å²) >= 11 is 3.61. The Labute approximate surface area is 179 Å². The van der Waals surface area contributed by atoms with Gasteiger partial charge in [0.05, 0.1) is 17.1 Å². The van der Waals surface area contributed by atoms with E-state index in [1.54, 1.807) is 0 Å². The number of thiol groups is 1. The summed E-state index contributed by atoms with van der Waals surface area (Å²) in [4.78, 5) is 0. The summed E-state index contributed by atoms with van der Waals surface area (Å²) in [6, 6.07) is 0. The van der Waals surface area contributed by atoms with Crippen molar-refractivity contribution >= 4 is 75.6 Å². The van der Waals surface area contributed by atoms with Crippen molar-refractivity contribution in [3.05, 3.63) is 0 Å². The maximum Gasteiger partial charge on any atom is 0.205 e. The predicted octanol–water partition coefficient (Wildman–Crippen LogP) is 0.849. The number of hydrogen-bond acceptors (Lipinski definition) is 12. The van der Waals surface area contributed by atoms with Crippen LogP contribution in [0.25, 0.3) is 32.3 Å². The number of hydrogen-bond donors (Lipinski definition) is 11. The third kappa shape index (κ3) is 2.20. The Bertz CT molecular complexity index is 1450. The number of nitrogen functional groups attached to an aromatic ring is 3. The number of benzene rings is 4. The molecule has 2 radical (unpaired) electrons. The monoisotopic (exact) mass is 443 g/mol. The van der Waals surface area contributed by atoms with Gasteiger partial charge >= 0.3 is 0 Å². The zero-order chi connectivity index (χ0) is 23.1. The molecule has 0 saturated carbocycles. The third-order valence-corrected chi connectivity index (χ3v) is 5.45. The van der Waals surface area contributed by atoms with Gasteiger partial charge in [0.15, 0.2) is 28.7 Å². The van der Waals surface area contributed by atoms with Crippen molar-refractivity contribution in [2.24, 2.45) is 0 Å². The molecule has 11 nitrogen and oxygen atoms in total. The van der Waals surface area contributed by atoms with Gasteiger partial charge in [0, 0.05) is 39.8 Å². The zero-order valence-corrected chi connectivity index (χ0v) is 16.2. The minimum Gasteiger partial charge on any atom is -0.505 e. The first kappa shape index (κ1) is 20.2. The molecule has 0 spiro atoms. The Kier molecular flexibility index (Phi) is 4.02. The van der Waals surface area contributed by atoms with Crippen LogP contribution in [0.1, 0.15) is 0 Å². The van der Waals surface area contributed by atoms with Crippen LogP contribution in [-0.2, 0) is 0 Å². The number of nitrogens with two attached hydrogens (primary N) is 3. The molecule has 158 valence electrons. The largest absolute Gasteiger partial charge is 0.505 e. The average Bonchev–Trinajstić information content (AvgIpc) is 2.75. The van der Waals surface area contributed by atoms with E-state index in [1.165, 1.54) is 0 Å². The molecule has 0 aliphatic rings. The molecule has 0 aromatic heterocycles. The lowest BCUT2D eigenvalue weighted by Crippen LogP contribution is -2.10. The van der Waals surface area contributed by atoms with Crippen molar-refractivity contribution in [3.63, 3.8) is 0 Å². The maximum atomic E-state index is 10.7. The Balaban J connectivity index is 2.65. The summed E-state index contributed by atoms with van der Waals surface area (Å²) in [5, 5.41) is 70.9. The van der Waals surface area contributed by atoms with E-state index in [9.17, 15) is 35.7 Å². The van der Waals surface area contributed by atoms with Gasteiger partial charge in [-0.2, -0.15) is 0 Å². The van der Waals surface area contributed by atoms with Gasteiger partial charge in [-0.25, -0.2) is 0 Å². The van der Waals surface area contributed by atoms with E-state index < -0.39 is 62.8 Å². The van der Waals surface area contributed by atoms with Gasteiger partial charge in [-0.1, -0.05) is 0 Å². The van der Waals surface area contributed by atoms with E-state index >= 15 is 0 Å². The summed E-state index contributed by atoms with van der Waals surface area (Å²) in [5.41, 5.74) is 16.2. The summed E-state index contributed by atoms with van der Waals surface area (Å²) < 4.78 is 4.75. The van der Waals surface area contributed by atoms with E-state index in [-0.39, 0.29) is 38.0 Å². The molecule has 0 atom stereocenters.